The maximum absolute atomic E-state index is 12.2. The number of para-hydroxylation sites is 1. The van der Waals surface area contributed by atoms with Crippen molar-refractivity contribution in [2.24, 2.45) is 11.8 Å². The van der Waals surface area contributed by atoms with E-state index >= 15 is 0 Å². The summed E-state index contributed by atoms with van der Waals surface area (Å²) in [6, 6.07) is 8.37. The molecule has 0 aromatic heterocycles. The van der Waals surface area contributed by atoms with Gasteiger partial charge in [0.15, 0.2) is 0 Å². The molecular formula is C21H33BNO+. The van der Waals surface area contributed by atoms with Crippen molar-refractivity contribution in [3.05, 3.63) is 29.8 Å². The van der Waals surface area contributed by atoms with Gasteiger partial charge in [0.1, 0.15) is 11.3 Å². The Kier molecular flexibility index (Phi) is 5.41. The molecule has 2 nitrogen and oxygen atoms in total. The smallest absolute Gasteiger partial charge is 0.384 e. The first kappa shape index (κ1) is 18.0. The van der Waals surface area contributed by atoms with Gasteiger partial charge in [0.25, 0.3) is 0 Å². The first-order valence-electron chi connectivity index (χ1n) is 9.89. The fourth-order valence-corrected chi connectivity index (χ4v) is 5.17. The lowest BCUT2D eigenvalue weighted by Crippen LogP contribution is -2.47. The van der Waals surface area contributed by atoms with Crippen molar-refractivity contribution in [2.45, 2.75) is 69.8 Å². The molecule has 1 N–H and O–H groups in total. The van der Waals surface area contributed by atoms with Crippen LogP contribution in [0.1, 0.15) is 69.8 Å². The van der Waals surface area contributed by atoms with Gasteiger partial charge < -0.3 is 9.50 Å². The van der Waals surface area contributed by atoms with Gasteiger partial charge in [-0.25, -0.2) is 0 Å². The van der Waals surface area contributed by atoms with Crippen LogP contribution in [0.25, 0.3) is 0 Å². The molecule has 0 aliphatic heterocycles. The maximum Gasteiger partial charge on any atom is 0.486 e. The summed E-state index contributed by atoms with van der Waals surface area (Å²) in [5.41, 5.74) is 1.44. The average Bonchev–Trinajstić information content (AvgIpc) is 2.62. The Balaban J connectivity index is 2.07. The van der Waals surface area contributed by atoms with E-state index in [-0.39, 0.29) is 4.39 Å². The second-order valence-corrected chi connectivity index (χ2v) is 8.55. The molecule has 2 aliphatic rings. The van der Waals surface area contributed by atoms with E-state index in [2.05, 4.69) is 18.2 Å². The first-order valence-corrected chi connectivity index (χ1v) is 9.89. The molecule has 0 amide bonds. The van der Waals surface area contributed by atoms with Crippen molar-refractivity contribution in [1.29, 1.82) is 0 Å². The predicted molar refractivity (Wildman–Crippen MR) is 103 cm³/mol. The highest BCUT2D eigenvalue weighted by atomic mass is 16.3. The molecule has 2 fully saturated rings. The minimum Gasteiger partial charge on any atom is -0.384 e. The lowest BCUT2D eigenvalue weighted by Gasteiger charge is -2.47. The monoisotopic (exact) mass is 326 g/mol. The lowest BCUT2D eigenvalue weighted by molar-refractivity contribution is -0.0989. The van der Waals surface area contributed by atoms with Crippen LogP contribution in [0.4, 0.5) is 5.69 Å². The SMILES string of the molecule is [B][N+](C)(C)c1ccccc1C(O)(C1CCCCC1)C1CCCCC1. The molecule has 0 spiro atoms. The number of nitrogens with zero attached hydrogens (tertiary/aromatic N) is 1. The number of hydrogen-bond acceptors (Lipinski definition) is 1. The molecule has 2 aliphatic carbocycles. The van der Waals surface area contributed by atoms with Crippen LogP contribution in [-0.2, 0) is 5.60 Å². The van der Waals surface area contributed by atoms with E-state index in [9.17, 15) is 5.11 Å². The third kappa shape index (κ3) is 3.43. The van der Waals surface area contributed by atoms with Crippen molar-refractivity contribution in [3.8, 4) is 0 Å². The third-order valence-electron chi connectivity index (χ3n) is 6.41. The predicted octanol–water partition coefficient (Wildman–Crippen LogP) is 4.69. The number of benzene rings is 1. The van der Waals surface area contributed by atoms with Crippen LogP contribution in [-0.4, -0.2) is 27.2 Å². The van der Waals surface area contributed by atoms with Crippen molar-refractivity contribution in [3.63, 3.8) is 0 Å². The highest BCUT2D eigenvalue weighted by molar-refractivity contribution is 6.13. The van der Waals surface area contributed by atoms with E-state index in [1.165, 1.54) is 38.5 Å². The molecule has 3 rings (SSSR count). The van der Waals surface area contributed by atoms with E-state index in [1.54, 1.807) is 0 Å². The number of aliphatic hydroxyl groups is 1. The van der Waals surface area contributed by atoms with E-state index in [4.69, 9.17) is 7.98 Å². The van der Waals surface area contributed by atoms with Crippen LogP contribution in [0.5, 0.6) is 0 Å². The summed E-state index contributed by atoms with van der Waals surface area (Å²) in [7, 11) is 10.4. The summed E-state index contributed by atoms with van der Waals surface area (Å²) in [5.74, 6) is 0.754. The molecule has 0 heterocycles. The summed E-state index contributed by atoms with van der Waals surface area (Å²) in [6.45, 7) is 0. The molecule has 24 heavy (non-hydrogen) atoms. The zero-order chi connectivity index (χ0) is 17.2. The van der Waals surface area contributed by atoms with Gasteiger partial charge in [-0.15, -0.1) is 0 Å². The van der Waals surface area contributed by atoms with Crippen LogP contribution in [0.15, 0.2) is 24.3 Å². The zero-order valence-corrected chi connectivity index (χ0v) is 15.5. The largest absolute Gasteiger partial charge is 0.486 e. The molecule has 2 saturated carbocycles. The van der Waals surface area contributed by atoms with E-state index < -0.39 is 5.60 Å². The molecule has 0 bridgehead atoms. The minimum atomic E-state index is -0.716. The number of hydrogen-bond donors (Lipinski definition) is 1. The maximum atomic E-state index is 12.2. The molecule has 0 saturated heterocycles. The topological polar surface area (TPSA) is 20.2 Å². The van der Waals surface area contributed by atoms with Gasteiger partial charge in [-0.05, 0) is 43.6 Å². The zero-order valence-electron chi connectivity index (χ0n) is 15.5. The first-order chi connectivity index (χ1) is 11.4. The Morgan fingerprint density at radius 3 is 1.79 bits per heavy atom. The standard InChI is InChI=1S/C21H33BNO/c1-23(2,22)20-16-10-9-15-19(20)21(24,17-11-5-3-6-12-17)18-13-7-4-8-14-18/h9-10,15-18,24H,3-8,11-14H2,1-2H3/q+1. The van der Waals surface area contributed by atoms with Crippen LogP contribution in [0.2, 0.25) is 0 Å². The Bertz CT molecular complexity index is 521. The van der Waals surface area contributed by atoms with Gasteiger partial charge >= 0.3 is 7.98 Å². The van der Waals surface area contributed by atoms with E-state index in [0.717, 1.165) is 36.9 Å². The van der Waals surface area contributed by atoms with Crippen molar-refractivity contribution in [1.82, 2.24) is 4.39 Å². The van der Waals surface area contributed by atoms with Crippen LogP contribution >= 0.6 is 0 Å². The average molecular weight is 326 g/mol. The Hall–Kier alpha value is -0.795. The van der Waals surface area contributed by atoms with Gasteiger partial charge in [0.2, 0.25) is 0 Å². The summed E-state index contributed by atoms with van der Waals surface area (Å²) in [5, 5.41) is 12.2. The Morgan fingerprint density at radius 1 is 0.875 bits per heavy atom. The fraction of sp³-hybridized carbons (Fsp3) is 0.714. The molecule has 1 aromatic rings. The molecule has 2 radical (unpaired) electrons. The van der Waals surface area contributed by atoms with Gasteiger partial charge in [-0.3, -0.25) is 0 Å². The van der Waals surface area contributed by atoms with Crippen LogP contribution in [0.3, 0.4) is 0 Å². The molecule has 130 valence electrons. The second-order valence-electron chi connectivity index (χ2n) is 8.55. The molecule has 0 atom stereocenters. The van der Waals surface area contributed by atoms with Gasteiger partial charge in [-0.2, -0.15) is 0 Å². The Morgan fingerprint density at radius 2 is 1.33 bits per heavy atom. The minimum absolute atomic E-state index is 0.276. The van der Waals surface area contributed by atoms with E-state index in [0.29, 0.717) is 11.8 Å². The van der Waals surface area contributed by atoms with Crippen LogP contribution in [0, 0.1) is 11.8 Å². The Labute approximate surface area is 149 Å². The summed E-state index contributed by atoms with van der Waals surface area (Å²) >= 11 is 0. The quantitative estimate of drug-likeness (QED) is 0.796. The third-order valence-corrected chi connectivity index (χ3v) is 6.41. The molecule has 1 aromatic carbocycles. The van der Waals surface area contributed by atoms with Crippen molar-refractivity contribution in [2.75, 3.05) is 14.1 Å². The summed E-state index contributed by atoms with van der Waals surface area (Å²) in [6.07, 6.45) is 12.3. The second kappa shape index (κ2) is 7.21. The summed E-state index contributed by atoms with van der Waals surface area (Å²) in [4.78, 5) is 0. The molecule has 3 heteroatoms. The van der Waals surface area contributed by atoms with Crippen LogP contribution < -0.4 is 4.39 Å². The number of quaternary nitrogens is 1. The van der Waals surface area contributed by atoms with E-state index in [1.807, 2.05) is 20.2 Å². The highest BCUT2D eigenvalue weighted by Gasteiger charge is 2.48. The van der Waals surface area contributed by atoms with Crippen molar-refractivity contribution >= 4 is 13.7 Å². The fourth-order valence-electron chi connectivity index (χ4n) is 5.17. The molecular weight excluding hydrogens is 293 g/mol. The normalized spacial score (nSPS) is 21.8. The van der Waals surface area contributed by atoms with Gasteiger partial charge in [-0.1, -0.05) is 56.7 Å². The van der Waals surface area contributed by atoms with Crippen molar-refractivity contribution < 1.29 is 5.11 Å². The number of rotatable bonds is 4. The highest BCUT2D eigenvalue weighted by Crippen LogP contribution is 2.51. The van der Waals surface area contributed by atoms with Gasteiger partial charge in [0.05, 0.1) is 14.1 Å². The molecule has 0 unspecified atom stereocenters. The van der Waals surface area contributed by atoms with Gasteiger partial charge in [0, 0.05) is 5.56 Å². The lowest BCUT2D eigenvalue weighted by atomic mass is 9.63. The summed E-state index contributed by atoms with van der Waals surface area (Å²) < 4.78 is 0.276.